The molecule has 1 aliphatic heterocycles. The summed E-state index contributed by atoms with van der Waals surface area (Å²) in [5.41, 5.74) is 7.02. The quantitative estimate of drug-likeness (QED) is 0.621. The molecule has 0 saturated heterocycles. The second-order valence-corrected chi connectivity index (χ2v) is 9.10. The second kappa shape index (κ2) is 6.95. The Morgan fingerprint density at radius 1 is 0.929 bits per heavy atom. The number of hydrogen-bond donors (Lipinski definition) is 0. The molecule has 0 spiro atoms. The molecule has 3 aromatic rings. The molecule has 0 aliphatic carbocycles. The molecule has 0 radical (unpaired) electrons. The van der Waals surface area contributed by atoms with E-state index in [0.29, 0.717) is 17.9 Å². The van der Waals surface area contributed by atoms with Crippen molar-refractivity contribution in [3.63, 3.8) is 0 Å². The molecule has 0 aromatic heterocycles. The largest absolute Gasteiger partial charge is 0.266 e. The van der Waals surface area contributed by atoms with Crippen LogP contribution in [0, 0.1) is 13.8 Å². The van der Waals surface area contributed by atoms with Crippen LogP contribution in [-0.4, -0.2) is 15.0 Å². The van der Waals surface area contributed by atoms with Crippen LogP contribution in [0.25, 0.3) is 5.57 Å². The van der Waals surface area contributed by atoms with Crippen molar-refractivity contribution >= 4 is 21.3 Å². The van der Waals surface area contributed by atoms with Crippen LogP contribution in [0.1, 0.15) is 27.8 Å². The molecular formula is C24H23NO2S. The van der Waals surface area contributed by atoms with Gasteiger partial charge in [-0.3, -0.25) is 4.31 Å². The molecule has 4 heteroatoms. The van der Waals surface area contributed by atoms with Gasteiger partial charge >= 0.3 is 0 Å². The Hall–Kier alpha value is -2.85. The summed E-state index contributed by atoms with van der Waals surface area (Å²) in [4.78, 5) is 0.329. The molecule has 0 N–H and O–H groups in total. The van der Waals surface area contributed by atoms with Gasteiger partial charge in [-0.2, -0.15) is 0 Å². The van der Waals surface area contributed by atoms with E-state index in [1.165, 1.54) is 4.31 Å². The molecule has 0 fully saturated rings. The van der Waals surface area contributed by atoms with Gasteiger partial charge in [0.05, 0.1) is 10.6 Å². The van der Waals surface area contributed by atoms with E-state index in [-0.39, 0.29) is 0 Å². The van der Waals surface area contributed by atoms with Gasteiger partial charge in [-0.15, -0.1) is 0 Å². The molecule has 0 unspecified atom stereocenters. The van der Waals surface area contributed by atoms with E-state index < -0.39 is 10.0 Å². The summed E-state index contributed by atoms with van der Waals surface area (Å²) in [5, 5.41) is 0. The summed E-state index contributed by atoms with van der Waals surface area (Å²) in [6.45, 7) is 8.78. The summed E-state index contributed by atoms with van der Waals surface area (Å²) < 4.78 is 28.0. The average molecular weight is 390 g/mol. The summed E-state index contributed by atoms with van der Waals surface area (Å²) in [6, 6.07) is 21.0. The normalized spacial score (nSPS) is 13.4. The molecule has 28 heavy (non-hydrogen) atoms. The highest BCUT2D eigenvalue weighted by atomic mass is 32.2. The summed E-state index contributed by atoms with van der Waals surface area (Å²) in [5.74, 6) is 0. The zero-order valence-electron chi connectivity index (χ0n) is 16.1. The number of aryl methyl sites for hydroxylation is 2. The molecule has 1 aliphatic rings. The molecule has 0 saturated carbocycles. The zero-order valence-corrected chi connectivity index (χ0v) is 17.0. The van der Waals surface area contributed by atoms with E-state index in [0.717, 1.165) is 39.1 Å². The maximum Gasteiger partial charge on any atom is 0.264 e. The number of benzene rings is 3. The van der Waals surface area contributed by atoms with Crippen molar-refractivity contribution in [1.29, 1.82) is 0 Å². The molecular weight excluding hydrogens is 366 g/mol. The Balaban J connectivity index is 1.80. The lowest BCUT2D eigenvalue weighted by molar-refractivity contribution is 0.592. The minimum atomic E-state index is -3.59. The standard InChI is InChI=1S/C24H23NO2S/c1-17-9-12-21(13-10-17)28(26,27)25-16-15-22-23(25)14-11-18(2)24(22)19(3)20-7-5-4-6-8-20/h4-14H,3,15-16H2,1-2H3. The third-order valence-electron chi connectivity index (χ3n) is 5.36. The third kappa shape index (κ3) is 3.04. The van der Waals surface area contributed by atoms with E-state index in [4.69, 9.17) is 0 Å². The first kappa shape index (κ1) is 18.5. The smallest absolute Gasteiger partial charge is 0.264 e. The molecule has 0 atom stereocenters. The van der Waals surface area contributed by atoms with Crippen molar-refractivity contribution in [2.45, 2.75) is 25.2 Å². The van der Waals surface area contributed by atoms with E-state index in [2.05, 4.69) is 13.5 Å². The number of sulfonamides is 1. The summed E-state index contributed by atoms with van der Waals surface area (Å²) >= 11 is 0. The maximum atomic E-state index is 13.2. The van der Waals surface area contributed by atoms with Crippen molar-refractivity contribution in [2.24, 2.45) is 0 Å². The van der Waals surface area contributed by atoms with E-state index in [1.807, 2.05) is 61.5 Å². The number of fused-ring (bicyclic) bond motifs is 1. The first-order valence-electron chi connectivity index (χ1n) is 9.36. The summed E-state index contributed by atoms with van der Waals surface area (Å²) in [6.07, 6.45) is 0.684. The lowest BCUT2D eigenvalue weighted by atomic mass is 9.90. The first-order valence-corrected chi connectivity index (χ1v) is 10.8. The Bertz CT molecular complexity index is 1150. The van der Waals surface area contributed by atoms with Gasteiger partial charge in [0.1, 0.15) is 0 Å². The molecule has 3 nitrogen and oxygen atoms in total. The number of hydrogen-bond acceptors (Lipinski definition) is 2. The zero-order chi connectivity index (χ0) is 19.9. The van der Waals surface area contributed by atoms with Crippen molar-refractivity contribution in [1.82, 2.24) is 0 Å². The van der Waals surface area contributed by atoms with Crippen molar-refractivity contribution < 1.29 is 8.42 Å². The van der Waals surface area contributed by atoms with Crippen LogP contribution in [0.3, 0.4) is 0 Å². The highest BCUT2D eigenvalue weighted by molar-refractivity contribution is 7.92. The van der Waals surface area contributed by atoms with E-state index >= 15 is 0 Å². The fourth-order valence-corrected chi connectivity index (χ4v) is 5.36. The number of anilines is 1. The van der Waals surface area contributed by atoms with Gasteiger partial charge in [0.25, 0.3) is 10.0 Å². The van der Waals surface area contributed by atoms with Crippen LogP contribution in [0.4, 0.5) is 5.69 Å². The minimum absolute atomic E-state index is 0.329. The van der Waals surface area contributed by atoms with Gasteiger partial charge in [0.15, 0.2) is 0 Å². The Morgan fingerprint density at radius 3 is 2.29 bits per heavy atom. The lowest BCUT2D eigenvalue weighted by Gasteiger charge is -2.21. The van der Waals surface area contributed by atoms with Crippen LogP contribution in [0.15, 0.2) is 78.2 Å². The molecule has 3 aromatic carbocycles. The van der Waals surface area contributed by atoms with Gasteiger partial charge in [-0.1, -0.05) is 60.7 Å². The maximum absolute atomic E-state index is 13.2. The average Bonchev–Trinajstić information content (AvgIpc) is 3.13. The Morgan fingerprint density at radius 2 is 1.61 bits per heavy atom. The minimum Gasteiger partial charge on any atom is -0.266 e. The molecule has 0 amide bonds. The second-order valence-electron chi connectivity index (χ2n) is 7.24. The van der Waals surface area contributed by atoms with E-state index in [1.54, 1.807) is 12.1 Å². The van der Waals surface area contributed by atoms with Gasteiger partial charge in [-0.25, -0.2) is 8.42 Å². The monoisotopic (exact) mass is 389 g/mol. The molecule has 1 heterocycles. The van der Waals surface area contributed by atoms with Gasteiger partial charge < -0.3 is 0 Å². The molecule has 0 bridgehead atoms. The fraction of sp³-hybridized carbons (Fsp3) is 0.167. The predicted molar refractivity (Wildman–Crippen MR) is 115 cm³/mol. The van der Waals surface area contributed by atoms with Crippen LogP contribution < -0.4 is 4.31 Å². The topological polar surface area (TPSA) is 37.4 Å². The van der Waals surface area contributed by atoms with Crippen LogP contribution in [0.2, 0.25) is 0 Å². The first-order chi connectivity index (χ1) is 13.4. The van der Waals surface area contributed by atoms with Crippen molar-refractivity contribution in [3.8, 4) is 0 Å². The highest BCUT2D eigenvalue weighted by Crippen LogP contribution is 2.40. The van der Waals surface area contributed by atoms with Crippen molar-refractivity contribution in [2.75, 3.05) is 10.8 Å². The summed E-state index contributed by atoms with van der Waals surface area (Å²) in [7, 11) is -3.59. The molecule has 142 valence electrons. The highest BCUT2D eigenvalue weighted by Gasteiger charge is 2.33. The van der Waals surface area contributed by atoms with Crippen LogP contribution >= 0.6 is 0 Å². The number of nitrogens with zero attached hydrogens (tertiary/aromatic N) is 1. The third-order valence-corrected chi connectivity index (χ3v) is 7.19. The molecule has 4 rings (SSSR count). The van der Waals surface area contributed by atoms with Gasteiger partial charge in [0, 0.05) is 6.54 Å². The van der Waals surface area contributed by atoms with Crippen LogP contribution in [-0.2, 0) is 16.4 Å². The number of rotatable bonds is 4. The predicted octanol–water partition coefficient (Wildman–Crippen LogP) is 5.12. The van der Waals surface area contributed by atoms with Crippen LogP contribution in [0.5, 0.6) is 0 Å². The SMILES string of the molecule is C=C(c1ccccc1)c1c(C)ccc2c1CCN2S(=O)(=O)c1ccc(C)cc1. The Labute approximate surface area is 167 Å². The fourth-order valence-electron chi connectivity index (χ4n) is 3.87. The van der Waals surface area contributed by atoms with Crippen molar-refractivity contribution in [3.05, 3.63) is 101 Å². The van der Waals surface area contributed by atoms with Gasteiger partial charge in [0.2, 0.25) is 0 Å². The van der Waals surface area contributed by atoms with Gasteiger partial charge in [-0.05, 0) is 66.3 Å². The Kier molecular flexibility index (Phi) is 4.60. The van der Waals surface area contributed by atoms with E-state index in [9.17, 15) is 8.42 Å². The lowest BCUT2D eigenvalue weighted by Crippen LogP contribution is -2.29.